The maximum atomic E-state index is 12.7. The number of para-hydroxylation sites is 1. The highest BCUT2D eigenvalue weighted by molar-refractivity contribution is 9.10. The van der Waals surface area contributed by atoms with Crippen molar-refractivity contribution < 1.29 is 18.8 Å². The fourth-order valence-electron chi connectivity index (χ4n) is 2.83. The third-order valence-electron chi connectivity index (χ3n) is 4.38. The van der Waals surface area contributed by atoms with Crippen LogP contribution in [-0.4, -0.2) is 24.5 Å². The Morgan fingerprint density at radius 3 is 2.55 bits per heavy atom. The summed E-state index contributed by atoms with van der Waals surface area (Å²) < 4.78 is 17.3. The maximum absolute atomic E-state index is 12.7. The quantitative estimate of drug-likeness (QED) is 0.191. The number of halogens is 1. The van der Waals surface area contributed by atoms with Crippen molar-refractivity contribution in [1.82, 2.24) is 5.16 Å². The number of nitrogens with zero attached hydrogens (tertiary/aromatic N) is 2. The molecule has 0 atom stereocenters. The van der Waals surface area contributed by atoms with Gasteiger partial charge in [0.1, 0.15) is 0 Å². The van der Waals surface area contributed by atoms with Gasteiger partial charge in [-0.1, -0.05) is 57.5 Å². The van der Waals surface area contributed by atoms with Crippen LogP contribution in [0.25, 0.3) is 11.3 Å². The number of ether oxygens (including phenoxy) is 2. The van der Waals surface area contributed by atoms with Gasteiger partial charge in [0.2, 0.25) is 0 Å². The van der Waals surface area contributed by atoms with Crippen molar-refractivity contribution in [1.29, 1.82) is 0 Å². The Morgan fingerprint density at radius 1 is 1.03 bits per heavy atom. The SMILES string of the molecule is COc1cccc(C=Nc2ccc(Br)cc2)c1OC(=O)c1cc(-c2ccccc2)on1. The van der Waals surface area contributed by atoms with E-state index in [1.54, 1.807) is 30.5 Å². The predicted octanol–water partition coefficient (Wildman–Crippen LogP) is 6.08. The molecule has 31 heavy (non-hydrogen) atoms. The Balaban J connectivity index is 1.59. The molecule has 0 aliphatic carbocycles. The summed E-state index contributed by atoms with van der Waals surface area (Å²) >= 11 is 3.40. The molecule has 0 spiro atoms. The van der Waals surface area contributed by atoms with Crippen molar-refractivity contribution in [2.75, 3.05) is 7.11 Å². The summed E-state index contributed by atoms with van der Waals surface area (Å²) in [6.07, 6.45) is 1.62. The molecule has 4 rings (SSSR count). The number of rotatable bonds is 6. The highest BCUT2D eigenvalue weighted by Crippen LogP contribution is 2.31. The number of hydrogen-bond donors (Lipinski definition) is 0. The van der Waals surface area contributed by atoms with Gasteiger partial charge in [-0.25, -0.2) is 4.79 Å². The standard InChI is InChI=1S/C24H17BrN2O4/c1-29-21-9-5-8-17(15-26-19-12-10-18(25)11-13-19)23(21)30-24(28)20-14-22(31-27-20)16-6-3-2-4-7-16/h2-15H,1H3. The molecular formula is C24H17BrN2O4. The first-order valence-electron chi connectivity index (χ1n) is 9.35. The molecule has 6 nitrogen and oxygen atoms in total. The average molecular weight is 477 g/mol. The van der Waals surface area contributed by atoms with E-state index in [0.717, 1.165) is 15.7 Å². The van der Waals surface area contributed by atoms with E-state index in [-0.39, 0.29) is 11.4 Å². The number of aliphatic imine (C=N–C) groups is 1. The predicted molar refractivity (Wildman–Crippen MR) is 121 cm³/mol. The van der Waals surface area contributed by atoms with Crippen LogP contribution in [-0.2, 0) is 0 Å². The van der Waals surface area contributed by atoms with Crippen LogP contribution in [0.4, 0.5) is 5.69 Å². The first-order chi connectivity index (χ1) is 15.1. The molecule has 154 valence electrons. The minimum atomic E-state index is -0.659. The molecule has 1 heterocycles. The van der Waals surface area contributed by atoms with E-state index in [2.05, 4.69) is 26.1 Å². The van der Waals surface area contributed by atoms with Crippen LogP contribution in [0.2, 0.25) is 0 Å². The number of aromatic nitrogens is 1. The van der Waals surface area contributed by atoms with E-state index in [0.29, 0.717) is 17.1 Å². The van der Waals surface area contributed by atoms with Crippen LogP contribution in [0.5, 0.6) is 11.5 Å². The van der Waals surface area contributed by atoms with Crippen molar-refractivity contribution in [2.24, 2.45) is 4.99 Å². The number of benzene rings is 3. The van der Waals surface area contributed by atoms with Crippen LogP contribution in [0.1, 0.15) is 16.1 Å². The fraction of sp³-hybridized carbons (Fsp3) is 0.0417. The summed E-state index contributed by atoms with van der Waals surface area (Å²) in [5, 5.41) is 3.85. The Hall–Kier alpha value is -3.71. The van der Waals surface area contributed by atoms with Gasteiger partial charge in [-0.15, -0.1) is 0 Å². The topological polar surface area (TPSA) is 73.9 Å². The summed E-state index contributed by atoms with van der Waals surface area (Å²) in [6, 6.07) is 23.7. The minimum absolute atomic E-state index is 0.0561. The molecule has 4 aromatic rings. The Labute approximate surface area is 187 Å². The maximum Gasteiger partial charge on any atom is 0.366 e. The molecule has 1 aromatic heterocycles. The number of hydrogen-bond acceptors (Lipinski definition) is 6. The van der Waals surface area contributed by atoms with E-state index in [9.17, 15) is 4.79 Å². The van der Waals surface area contributed by atoms with Crippen LogP contribution >= 0.6 is 15.9 Å². The van der Waals surface area contributed by atoms with E-state index in [1.165, 1.54) is 7.11 Å². The molecule has 0 aliphatic heterocycles. The molecule has 0 amide bonds. The number of carbonyl (C=O) groups excluding carboxylic acids is 1. The average Bonchev–Trinajstić information content (AvgIpc) is 3.30. The van der Waals surface area contributed by atoms with Gasteiger partial charge in [-0.2, -0.15) is 0 Å². The third kappa shape index (κ3) is 4.90. The minimum Gasteiger partial charge on any atom is -0.493 e. The first kappa shape index (κ1) is 20.6. The summed E-state index contributed by atoms with van der Waals surface area (Å²) in [4.78, 5) is 17.2. The zero-order chi connectivity index (χ0) is 21.6. The Kier molecular flexibility index (Phi) is 6.24. The van der Waals surface area contributed by atoms with Crippen molar-refractivity contribution in [3.05, 3.63) is 94.6 Å². The fourth-order valence-corrected chi connectivity index (χ4v) is 3.09. The molecular weight excluding hydrogens is 460 g/mol. The first-order valence-corrected chi connectivity index (χ1v) is 10.1. The van der Waals surface area contributed by atoms with Gasteiger partial charge >= 0.3 is 5.97 Å². The molecule has 0 fully saturated rings. The Morgan fingerprint density at radius 2 is 1.81 bits per heavy atom. The third-order valence-corrected chi connectivity index (χ3v) is 4.91. The zero-order valence-electron chi connectivity index (χ0n) is 16.5. The second-order valence-corrected chi connectivity index (χ2v) is 7.36. The second-order valence-electron chi connectivity index (χ2n) is 6.45. The molecule has 0 radical (unpaired) electrons. The molecule has 0 saturated heterocycles. The summed E-state index contributed by atoms with van der Waals surface area (Å²) in [5.74, 6) is 0.471. The van der Waals surface area contributed by atoms with Crippen LogP contribution in [0.15, 0.2) is 92.9 Å². The highest BCUT2D eigenvalue weighted by atomic mass is 79.9. The molecule has 0 N–H and O–H groups in total. The van der Waals surface area contributed by atoms with Gasteiger partial charge in [0.15, 0.2) is 23.0 Å². The van der Waals surface area contributed by atoms with Gasteiger partial charge in [0.25, 0.3) is 0 Å². The van der Waals surface area contributed by atoms with E-state index >= 15 is 0 Å². The monoisotopic (exact) mass is 476 g/mol. The lowest BCUT2D eigenvalue weighted by atomic mass is 10.1. The molecule has 0 aliphatic rings. The second kappa shape index (κ2) is 9.40. The summed E-state index contributed by atoms with van der Waals surface area (Å²) in [7, 11) is 1.51. The van der Waals surface area contributed by atoms with E-state index in [1.807, 2.05) is 54.6 Å². The van der Waals surface area contributed by atoms with Gasteiger partial charge in [0, 0.05) is 27.9 Å². The molecule has 0 bridgehead atoms. The van der Waals surface area contributed by atoms with Crippen molar-refractivity contribution >= 4 is 33.8 Å². The van der Waals surface area contributed by atoms with E-state index < -0.39 is 5.97 Å². The molecule has 0 unspecified atom stereocenters. The van der Waals surface area contributed by atoms with Gasteiger partial charge < -0.3 is 14.0 Å². The summed E-state index contributed by atoms with van der Waals surface area (Å²) in [5.41, 5.74) is 2.21. The lowest BCUT2D eigenvalue weighted by Gasteiger charge is -2.10. The lowest BCUT2D eigenvalue weighted by Crippen LogP contribution is -2.11. The highest BCUT2D eigenvalue weighted by Gasteiger charge is 2.19. The van der Waals surface area contributed by atoms with Crippen LogP contribution in [0, 0.1) is 0 Å². The largest absolute Gasteiger partial charge is 0.493 e. The van der Waals surface area contributed by atoms with Crippen molar-refractivity contribution in [3.63, 3.8) is 0 Å². The normalized spacial score (nSPS) is 10.9. The van der Waals surface area contributed by atoms with Crippen LogP contribution in [0.3, 0.4) is 0 Å². The smallest absolute Gasteiger partial charge is 0.366 e. The van der Waals surface area contributed by atoms with Crippen LogP contribution < -0.4 is 9.47 Å². The van der Waals surface area contributed by atoms with E-state index in [4.69, 9.17) is 14.0 Å². The number of carbonyl (C=O) groups is 1. The van der Waals surface area contributed by atoms with Crippen molar-refractivity contribution in [2.45, 2.75) is 0 Å². The zero-order valence-corrected chi connectivity index (χ0v) is 18.1. The number of esters is 1. The molecule has 3 aromatic carbocycles. The number of methoxy groups -OCH3 is 1. The Bertz CT molecular complexity index is 1220. The lowest BCUT2D eigenvalue weighted by molar-refractivity contribution is 0.0718. The van der Waals surface area contributed by atoms with Gasteiger partial charge in [0.05, 0.1) is 12.8 Å². The van der Waals surface area contributed by atoms with Gasteiger partial charge in [-0.3, -0.25) is 4.99 Å². The van der Waals surface area contributed by atoms with Crippen molar-refractivity contribution in [3.8, 4) is 22.8 Å². The summed E-state index contributed by atoms with van der Waals surface area (Å²) in [6.45, 7) is 0. The molecule has 7 heteroatoms. The van der Waals surface area contributed by atoms with Gasteiger partial charge in [-0.05, 0) is 36.4 Å². The molecule has 0 saturated carbocycles.